The van der Waals surface area contributed by atoms with E-state index in [4.69, 9.17) is 9.84 Å². The van der Waals surface area contributed by atoms with Gasteiger partial charge in [-0.2, -0.15) is 8.78 Å². The van der Waals surface area contributed by atoms with E-state index in [1.54, 1.807) is 12.1 Å². The third kappa shape index (κ3) is 3.52. The summed E-state index contributed by atoms with van der Waals surface area (Å²) < 4.78 is 36.6. The predicted molar refractivity (Wildman–Crippen MR) is 88.4 cm³/mol. The number of carbonyl (C=O) groups is 2. The predicted octanol–water partition coefficient (Wildman–Crippen LogP) is 3.91. The minimum absolute atomic E-state index is 0.0667. The molecule has 0 radical (unpaired) electrons. The lowest BCUT2D eigenvalue weighted by Gasteiger charge is -2.37. The standard InChI is InChI=1S/C19H22F2O5/c1-2-18(10-12-3-6-14(18)9-12)26-15-7-4-13(5-8-15)16(22)25-11-19(20,21)17(23)24/h4-5,7-8,12,14H,2-3,6,9-11H2,1H3,(H,23,24). The Morgan fingerprint density at radius 3 is 2.46 bits per heavy atom. The van der Waals surface area contributed by atoms with Crippen molar-refractivity contribution in [2.45, 2.75) is 50.6 Å². The van der Waals surface area contributed by atoms with Crippen LogP contribution in [0.5, 0.6) is 5.75 Å². The molecule has 3 atom stereocenters. The molecule has 2 aliphatic rings. The van der Waals surface area contributed by atoms with Crippen molar-refractivity contribution in [3.8, 4) is 5.75 Å². The highest BCUT2D eigenvalue weighted by Crippen LogP contribution is 2.53. The van der Waals surface area contributed by atoms with Crippen LogP contribution in [0.1, 0.15) is 49.4 Å². The van der Waals surface area contributed by atoms with Crippen LogP contribution in [0.25, 0.3) is 0 Å². The minimum Gasteiger partial charge on any atom is -0.487 e. The molecule has 0 saturated heterocycles. The number of alkyl halides is 2. The maximum atomic E-state index is 13.0. The van der Waals surface area contributed by atoms with Crippen LogP contribution in [-0.4, -0.2) is 35.2 Å². The maximum Gasteiger partial charge on any atom is 0.378 e. The van der Waals surface area contributed by atoms with Gasteiger partial charge in [-0.3, -0.25) is 0 Å². The quantitative estimate of drug-likeness (QED) is 0.739. The number of aliphatic carboxylic acids is 1. The summed E-state index contributed by atoms with van der Waals surface area (Å²) in [5.74, 6) is -5.52. The third-order valence-corrected chi connectivity index (χ3v) is 5.63. The molecule has 142 valence electrons. The van der Waals surface area contributed by atoms with Crippen LogP contribution in [-0.2, 0) is 9.53 Å². The van der Waals surface area contributed by atoms with E-state index < -0.39 is 24.5 Å². The second-order valence-electron chi connectivity index (χ2n) is 7.21. The molecular formula is C19H22F2O5. The zero-order valence-electron chi connectivity index (χ0n) is 14.5. The van der Waals surface area contributed by atoms with Crippen LogP contribution in [0.3, 0.4) is 0 Å². The number of carboxylic acids is 1. The van der Waals surface area contributed by atoms with Crippen molar-refractivity contribution >= 4 is 11.9 Å². The molecule has 0 spiro atoms. The Morgan fingerprint density at radius 2 is 1.96 bits per heavy atom. The summed E-state index contributed by atoms with van der Waals surface area (Å²) in [7, 11) is 0. The molecule has 1 aromatic carbocycles. The van der Waals surface area contributed by atoms with Crippen LogP contribution in [0, 0.1) is 11.8 Å². The van der Waals surface area contributed by atoms with Crippen LogP contribution >= 0.6 is 0 Å². The summed E-state index contributed by atoms with van der Waals surface area (Å²) in [4.78, 5) is 22.1. The van der Waals surface area contributed by atoms with Crippen molar-refractivity contribution < 1.29 is 33.0 Å². The molecule has 0 aliphatic heterocycles. The van der Waals surface area contributed by atoms with Gasteiger partial charge >= 0.3 is 17.9 Å². The number of fused-ring (bicyclic) bond motifs is 2. The summed E-state index contributed by atoms with van der Waals surface area (Å²) >= 11 is 0. The SMILES string of the molecule is CCC1(Oc2ccc(C(=O)OCC(F)(F)C(=O)O)cc2)CC2CCC1C2. The van der Waals surface area contributed by atoms with E-state index in [0.29, 0.717) is 11.7 Å². The molecule has 2 saturated carbocycles. The van der Waals surface area contributed by atoms with Gasteiger partial charge in [0.05, 0.1) is 5.56 Å². The van der Waals surface area contributed by atoms with Gasteiger partial charge in [-0.1, -0.05) is 6.92 Å². The van der Waals surface area contributed by atoms with Gasteiger partial charge in [0, 0.05) is 0 Å². The van der Waals surface area contributed by atoms with Gasteiger partial charge in [0.1, 0.15) is 11.4 Å². The molecule has 2 aliphatic carbocycles. The van der Waals surface area contributed by atoms with Crippen molar-refractivity contribution in [3.63, 3.8) is 0 Å². The molecule has 2 fully saturated rings. The fraction of sp³-hybridized carbons (Fsp3) is 0.579. The highest BCUT2D eigenvalue weighted by atomic mass is 19.3. The zero-order valence-corrected chi connectivity index (χ0v) is 14.5. The number of carboxylic acid groups (broad SMARTS) is 1. The van der Waals surface area contributed by atoms with Gasteiger partial charge < -0.3 is 14.6 Å². The van der Waals surface area contributed by atoms with Gasteiger partial charge in [-0.15, -0.1) is 0 Å². The largest absolute Gasteiger partial charge is 0.487 e. The van der Waals surface area contributed by atoms with Crippen molar-refractivity contribution in [1.29, 1.82) is 0 Å². The molecule has 5 nitrogen and oxygen atoms in total. The van der Waals surface area contributed by atoms with E-state index in [-0.39, 0.29) is 11.2 Å². The van der Waals surface area contributed by atoms with E-state index in [1.165, 1.54) is 31.4 Å². The number of hydrogen-bond donors (Lipinski definition) is 1. The molecule has 3 rings (SSSR count). The highest BCUT2D eigenvalue weighted by Gasteiger charge is 2.51. The molecule has 1 N–H and O–H groups in total. The summed E-state index contributed by atoms with van der Waals surface area (Å²) in [6.45, 7) is 0.622. The topological polar surface area (TPSA) is 72.8 Å². The Bertz CT molecular complexity index is 688. The summed E-state index contributed by atoms with van der Waals surface area (Å²) in [6.07, 6.45) is 5.61. The van der Waals surface area contributed by atoms with Gasteiger partial charge in [0.25, 0.3) is 0 Å². The monoisotopic (exact) mass is 368 g/mol. The van der Waals surface area contributed by atoms with Crippen molar-refractivity contribution in [1.82, 2.24) is 0 Å². The Hall–Kier alpha value is -2.18. The van der Waals surface area contributed by atoms with Crippen LogP contribution in [0.15, 0.2) is 24.3 Å². The second kappa shape index (κ2) is 6.85. The average Bonchev–Trinajstić information content (AvgIpc) is 3.21. The Labute approximate surface area is 150 Å². The van der Waals surface area contributed by atoms with E-state index in [2.05, 4.69) is 11.7 Å². The Morgan fingerprint density at radius 1 is 1.27 bits per heavy atom. The first kappa shape index (κ1) is 18.6. The molecule has 0 amide bonds. The van der Waals surface area contributed by atoms with Gasteiger partial charge in [0.2, 0.25) is 0 Å². The van der Waals surface area contributed by atoms with Gasteiger partial charge in [-0.25, -0.2) is 9.59 Å². The second-order valence-corrected chi connectivity index (χ2v) is 7.21. The third-order valence-electron chi connectivity index (χ3n) is 5.63. The van der Waals surface area contributed by atoms with Gasteiger partial charge in [-0.05, 0) is 68.2 Å². The first-order chi connectivity index (χ1) is 12.3. The number of esters is 1. The van der Waals surface area contributed by atoms with E-state index in [0.717, 1.165) is 18.8 Å². The van der Waals surface area contributed by atoms with Crippen LogP contribution in [0.2, 0.25) is 0 Å². The molecule has 2 bridgehead atoms. The lowest BCUT2D eigenvalue weighted by molar-refractivity contribution is -0.170. The molecular weight excluding hydrogens is 346 g/mol. The fourth-order valence-electron chi connectivity index (χ4n) is 4.22. The number of halogens is 2. The van der Waals surface area contributed by atoms with Crippen molar-refractivity contribution in [2.75, 3.05) is 6.61 Å². The van der Waals surface area contributed by atoms with E-state index in [9.17, 15) is 18.4 Å². The van der Waals surface area contributed by atoms with Gasteiger partial charge in [0.15, 0.2) is 6.61 Å². The highest BCUT2D eigenvalue weighted by molar-refractivity contribution is 5.89. The summed E-state index contributed by atoms with van der Waals surface area (Å²) in [5, 5.41) is 8.33. The number of hydrogen-bond acceptors (Lipinski definition) is 4. The first-order valence-corrected chi connectivity index (χ1v) is 8.83. The molecule has 0 aromatic heterocycles. The van der Waals surface area contributed by atoms with E-state index >= 15 is 0 Å². The smallest absolute Gasteiger partial charge is 0.378 e. The Kier molecular flexibility index (Phi) is 4.90. The molecule has 7 heteroatoms. The molecule has 3 unspecified atom stereocenters. The molecule has 1 aromatic rings. The van der Waals surface area contributed by atoms with Crippen LogP contribution in [0.4, 0.5) is 8.78 Å². The fourth-order valence-corrected chi connectivity index (χ4v) is 4.22. The minimum atomic E-state index is -4.10. The van der Waals surface area contributed by atoms with Crippen LogP contribution < -0.4 is 4.74 Å². The summed E-state index contributed by atoms with van der Waals surface area (Å²) in [6, 6.07) is 6.12. The van der Waals surface area contributed by atoms with Crippen molar-refractivity contribution in [2.24, 2.45) is 11.8 Å². The average molecular weight is 368 g/mol. The number of rotatable bonds is 7. The lowest BCUT2D eigenvalue weighted by atomic mass is 9.82. The number of carbonyl (C=O) groups excluding carboxylic acids is 1. The zero-order chi connectivity index (χ0) is 18.9. The first-order valence-electron chi connectivity index (χ1n) is 8.83. The van der Waals surface area contributed by atoms with Crippen molar-refractivity contribution in [3.05, 3.63) is 29.8 Å². The number of ether oxygens (including phenoxy) is 2. The summed E-state index contributed by atoms with van der Waals surface area (Å²) in [5.41, 5.74) is -0.0916. The number of benzene rings is 1. The lowest BCUT2D eigenvalue weighted by Crippen LogP contribution is -2.40. The maximum absolute atomic E-state index is 13.0. The normalized spacial score (nSPS) is 27.3. The Balaban J connectivity index is 1.61. The van der Waals surface area contributed by atoms with E-state index in [1.807, 2.05) is 0 Å². The molecule has 26 heavy (non-hydrogen) atoms. The molecule has 0 heterocycles.